The maximum absolute atomic E-state index is 4.76. The van der Waals surface area contributed by atoms with Gasteiger partial charge in [-0.05, 0) is 42.7 Å². The monoisotopic (exact) mass is 397 g/mol. The Morgan fingerprint density at radius 3 is 2.58 bits per heavy atom. The van der Waals surface area contributed by atoms with Gasteiger partial charge in [0.1, 0.15) is 5.69 Å². The normalized spacial score (nSPS) is 11.1. The number of fused-ring (bicyclic) bond motifs is 1. The van der Waals surface area contributed by atoms with Crippen LogP contribution in [0.15, 0.2) is 71.1 Å². The summed E-state index contributed by atoms with van der Waals surface area (Å²) in [6, 6.07) is 15.8. The Morgan fingerprint density at radius 1 is 1.12 bits per heavy atom. The van der Waals surface area contributed by atoms with Crippen LogP contribution in [0.4, 0.5) is 11.5 Å². The number of rotatable bonds is 5. The van der Waals surface area contributed by atoms with Crippen molar-refractivity contribution in [2.75, 3.05) is 5.32 Å². The molecule has 0 saturated heterocycles. The summed E-state index contributed by atoms with van der Waals surface area (Å²) in [6.07, 6.45) is 1.98. The van der Waals surface area contributed by atoms with Crippen LogP contribution in [-0.2, 0) is 0 Å². The summed E-state index contributed by atoms with van der Waals surface area (Å²) in [5, 5.41) is 5.35. The number of nitrogens with zero attached hydrogens (tertiary/aromatic N) is 2. The van der Waals surface area contributed by atoms with Gasteiger partial charge >= 0.3 is 0 Å². The molecule has 1 aromatic heterocycles. The topological polar surface area (TPSA) is 37.8 Å². The first kappa shape index (κ1) is 16.7. The minimum atomic E-state index is 0.703. The third-order valence-electron chi connectivity index (χ3n) is 3.27. The van der Waals surface area contributed by atoms with Crippen LogP contribution in [0.3, 0.4) is 0 Å². The fourth-order valence-electron chi connectivity index (χ4n) is 2.19. The number of nitrogens with one attached hydrogen (secondary N) is 1. The van der Waals surface area contributed by atoms with Crippen LogP contribution in [0.2, 0.25) is 0 Å². The Morgan fingerprint density at radius 2 is 1.88 bits per heavy atom. The standard InChI is InChI=1S/C19H16BrN3S/c1-3-11-24-13(2)18-19(21-15-8-6-7-14(20)12-15)23-17-10-5-4-9-16(17)22-18/h3-12H,2H2,1H3,(H,21,23)/b11-3-. The van der Waals surface area contributed by atoms with E-state index in [0.717, 1.165) is 31.8 Å². The lowest BCUT2D eigenvalue weighted by Gasteiger charge is -2.13. The maximum Gasteiger partial charge on any atom is 0.158 e. The Labute approximate surface area is 154 Å². The van der Waals surface area contributed by atoms with Crippen molar-refractivity contribution in [1.29, 1.82) is 0 Å². The number of thioether (sulfide) groups is 1. The lowest BCUT2D eigenvalue weighted by Crippen LogP contribution is -2.01. The zero-order valence-electron chi connectivity index (χ0n) is 13.2. The lowest BCUT2D eigenvalue weighted by atomic mass is 10.2. The molecule has 2 aromatic carbocycles. The molecule has 0 aliphatic rings. The molecule has 0 unspecified atom stereocenters. The number of allylic oxidation sites excluding steroid dienone is 1. The van der Waals surface area contributed by atoms with Crippen LogP contribution in [0, 0.1) is 0 Å². The zero-order valence-corrected chi connectivity index (χ0v) is 15.6. The average Bonchev–Trinajstić information content (AvgIpc) is 2.59. The van der Waals surface area contributed by atoms with Crippen molar-refractivity contribution >= 4 is 55.1 Å². The Hall–Kier alpha value is -2.11. The van der Waals surface area contributed by atoms with Crippen molar-refractivity contribution in [2.45, 2.75) is 6.92 Å². The lowest BCUT2D eigenvalue weighted by molar-refractivity contribution is 1.25. The van der Waals surface area contributed by atoms with E-state index in [1.54, 1.807) is 0 Å². The summed E-state index contributed by atoms with van der Waals surface area (Å²) < 4.78 is 1.00. The van der Waals surface area contributed by atoms with Crippen molar-refractivity contribution in [2.24, 2.45) is 0 Å². The van der Waals surface area contributed by atoms with Gasteiger partial charge in [0.15, 0.2) is 5.82 Å². The molecule has 0 fully saturated rings. The van der Waals surface area contributed by atoms with Crippen LogP contribution < -0.4 is 5.32 Å². The average molecular weight is 398 g/mol. The number of aromatic nitrogens is 2. The number of hydrogen-bond donors (Lipinski definition) is 1. The molecule has 24 heavy (non-hydrogen) atoms. The van der Waals surface area contributed by atoms with Crippen LogP contribution >= 0.6 is 27.7 Å². The Balaban J connectivity index is 2.07. The van der Waals surface area contributed by atoms with E-state index in [1.165, 1.54) is 11.8 Å². The Bertz CT molecular complexity index is 921. The van der Waals surface area contributed by atoms with Gasteiger partial charge in [0, 0.05) is 15.1 Å². The molecular formula is C19H16BrN3S. The summed E-state index contributed by atoms with van der Waals surface area (Å²) in [4.78, 5) is 10.3. The summed E-state index contributed by atoms with van der Waals surface area (Å²) in [5.74, 6) is 0.703. The molecule has 5 heteroatoms. The first-order valence-electron chi connectivity index (χ1n) is 7.44. The molecule has 0 atom stereocenters. The molecule has 0 amide bonds. The van der Waals surface area contributed by atoms with Gasteiger partial charge in [-0.15, -0.1) is 0 Å². The first-order valence-corrected chi connectivity index (χ1v) is 9.11. The minimum Gasteiger partial charge on any atom is -0.338 e. The smallest absolute Gasteiger partial charge is 0.158 e. The van der Waals surface area contributed by atoms with Crippen molar-refractivity contribution in [3.8, 4) is 0 Å². The van der Waals surface area contributed by atoms with E-state index in [1.807, 2.05) is 66.9 Å². The van der Waals surface area contributed by atoms with E-state index in [9.17, 15) is 0 Å². The van der Waals surface area contributed by atoms with Crippen molar-refractivity contribution in [3.63, 3.8) is 0 Å². The van der Waals surface area contributed by atoms with E-state index in [4.69, 9.17) is 9.97 Å². The van der Waals surface area contributed by atoms with Crippen LogP contribution in [0.25, 0.3) is 15.9 Å². The van der Waals surface area contributed by atoms with Crippen molar-refractivity contribution in [3.05, 3.63) is 76.8 Å². The largest absolute Gasteiger partial charge is 0.338 e. The predicted octanol–water partition coefficient (Wildman–Crippen LogP) is 6.37. The second-order valence-electron chi connectivity index (χ2n) is 5.06. The van der Waals surface area contributed by atoms with Gasteiger partial charge in [-0.25, -0.2) is 9.97 Å². The summed E-state index contributed by atoms with van der Waals surface area (Å²) in [7, 11) is 0. The highest BCUT2D eigenvalue weighted by Crippen LogP contribution is 2.32. The van der Waals surface area contributed by atoms with E-state index < -0.39 is 0 Å². The molecule has 3 rings (SSSR count). The van der Waals surface area contributed by atoms with Crippen LogP contribution in [-0.4, -0.2) is 9.97 Å². The number of hydrogen-bond acceptors (Lipinski definition) is 4. The van der Waals surface area contributed by atoms with Gasteiger partial charge in [-0.1, -0.05) is 58.5 Å². The summed E-state index contributed by atoms with van der Waals surface area (Å²) in [6.45, 7) is 6.13. The molecule has 0 bridgehead atoms. The Kier molecular flexibility index (Phi) is 5.33. The molecule has 0 aliphatic heterocycles. The molecule has 1 heterocycles. The van der Waals surface area contributed by atoms with Crippen molar-refractivity contribution < 1.29 is 0 Å². The molecule has 3 aromatic rings. The molecule has 0 aliphatic carbocycles. The number of benzene rings is 2. The molecular weight excluding hydrogens is 382 g/mol. The fraction of sp³-hybridized carbons (Fsp3) is 0.0526. The van der Waals surface area contributed by atoms with Gasteiger partial charge in [-0.2, -0.15) is 0 Å². The second kappa shape index (κ2) is 7.64. The highest BCUT2D eigenvalue weighted by Gasteiger charge is 2.12. The molecule has 0 radical (unpaired) electrons. The van der Waals surface area contributed by atoms with Gasteiger partial charge in [-0.3, -0.25) is 0 Å². The fourth-order valence-corrected chi connectivity index (χ4v) is 3.14. The van der Waals surface area contributed by atoms with E-state index in [0.29, 0.717) is 5.82 Å². The second-order valence-corrected chi connectivity index (χ2v) is 6.97. The number of anilines is 2. The summed E-state index contributed by atoms with van der Waals surface area (Å²) >= 11 is 5.03. The summed E-state index contributed by atoms with van der Waals surface area (Å²) in [5.41, 5.74) is 3.41. The molecule has 0 saturated carbocycles. The van der Waals surface area contributed by atoms with Crippen LogP contribution in [0.1, 0.15) is 12.6 Å². The quantitative estimate of drug-likeness (QED) is 0.542. The molecule has 1 N–H and O–H groups in total. The van der Waals surface area contributed by atoms with Gasteiger partial charge in [0.05, 0.1) is 11.0 Å². The first-order chi connectivity index (χ1) is 11.7. The molecule has 0 spiro atoms. The number of para-hydroxylation sites is 2. The highest BCUT2D eigenvalue weighted by atomic mass is 79.9. The van der Waals surface area contributed by atoms with Crippen LogP contribution in [0.5, 0.6) is 0 Å². The minimum absolute atomic E-state index is 0.703. The van der Waals surface area contributed by atoms with Gasteiger partial charge in [0.2, 0.25) is 0 Å². The molecule has 120 valence electrons. The SMILES string of the molecule is C=C(S/C=C\C)c1nc2ccccc2nc1Nc1cccc(Br)c1. The van der Waals surface area contributed by atoms with Crippen molar-refractivity contribution in [1.82, 2.24) is 9.97 Å². The third-order valence-corrected chi connectivity index (χ3v) is 4.65. The molecule has 3 nitrogen and oxygen atoms in total. The van der Waals surface area contributed by atoms with E-state index in [-0.39, 0.29) is 0 Å². The van der Waals surface area contributed by atoms with Gasteiger partial charge < -0.3 is 5.32 Å². The van der Waals surface area contributed by atoms with Gasteiger partial charge in [0.25, 0.3) is 0 Å². The van der Waals surface area contributed by atoms with E-state index in [2.05, 4.69) is 27.8 Å². The third kappa shape index (κ3) is 3.86. The zero-order chi connectivity index (χ0) is 16.9. The number of halogens is 1. The predicted molar refractivity (Wildman–Crippen MR) is 108 cm³/mol. The van der Waals surface area contributed by atoms with E-state index >= 15 is 0 Å². The highest BCUT2D eigenvalue weighted by molar-refractivity contribution is 9.10. The maximum atomic E-state index is 4.76.